The molecule has 1 aromatic carbocycles. The number of nitrogens with zero attached hydrogens (tertiary/aromatic N) is 1. The van der Waals surface area contributed by atoms with E-state index in [0.29, 0.717) is 23.6 Å². The maximum absolute atomic E-state index is 13.5. The summed E-state index contributed by atoms with van der Waals surface area (Å²) in [5.41, 5.74) is 6.24. The fourth-order valence-corrected chi connectivity index (χ4v) is 2.46. The summed E-state index contributed by atoms with van der Waals surface area (Å²) in [7, 11) is 0. The Labute approximate surface area is 125 Å². The van der Waals surface area contributed by atoms with Gasteiger partial charge in [-0.1, -0.05) is 18.3 Å². The lowest BCUT2D eigenvalue weighted by Crippen LogP contribution is -2.37. The molecule has 1 saturated carbocycles. The second-order valence-corrected chi connectivity index (χ2v) is 5.34. The van der Waals surface area contributed by atoms with Crippen molar-refractivity contribution in [2.75, 3.05) is 19.6 Å². The molecule has 4 heteroatoms. The van der Waals surface area contributed by atoms with Gasteiger partial charge in [0, 0.05) is 18.7 Å². The molecule has 1 amide bonds. The van der Waals surface area contributed by atoms with Crippen molar-refractivity contribution in [2.24, 2.45) is 11.7 Å². The molecule has 0 radical (unpaired) electrons. The predicted octanol–water partition coefficient (Wildman–Crippen LogP) is 2.40. The summed E-state index contributed by atoms with van der Waals surface area (Å²) in [4.78, 5) is 14.4. The SMILES string of the molecule is CCN(CC1CCC1)C(=O)c1cc(F)ccc1C#CCN. The van der Waals surface area contributed by atoms with Gasteiger partial charge in [-0.2, -0.15) is 0 Å². The Morgan fingerprint density at radius 1 is 1.48 bits per heavy atom. The molecular weight excluding hydrogens is 267 g/mol. The van der Waals surface area contributed by atoms with Crippen molar-refractivity contribution in [2.45, 2.75) is 26.2 Å². The van der Waals surface area contributed by atoms with Gasteiger partial charge in [-0.3, -0.25) is 4.79 Å². The van der Waals surface area contributed by atoms with Crippen molar-refractivity contribution in [3.05, 3.63) is 35.1 Å². The zero-order chi connectivity index (χ0) is 15.2. The number of nitrogens with two attached hydrogens (primary N) is 1. The third kappa shape index (κ3) is 3.83. The van der Waals surface area contributed by atoms with E-state index >= 15 is 0 Å². The maximum Gasteiger partial charge on any atom is 0.255 e. The Hall–Kier alpha value is -1.86. The van der Waals surface area contributed by atoms with Gasteiger partial charge in [-0.25, -0.2) is 4.39 Å². The molecule has 1 fully saturated rings. The second-order valence-electron chi connectivity index (χ2n) is 5.34. The predicted molar refractivity (Wildman–Crippen MR) is 81.3 cm³/mol. The summed E-state index contributed by atoms with van der Waals surface area (Å²) in [6, 6.07) is 4.13. The van der Waals surface area contributed by atoms with E-state index in [1.54, 1.807) is 11.0 Å². The summed E-state index contributed by atoms with van der Waals surface area (Å²) in [5.74, 6) is 5.59. The van der Waals surface area contributed by atoms with Crippen LogP contribution >= 0.6 is 0 Å². The largest absolute Gasteiger partial charge is 0.339 e. The molecule has 0 unspecified atom stereocenters. The highest BCUT2D eigenvalue weighted by Gasteiger charge is 2.24. The average molecular weight is 288 g/mol. The standard InChI is InChI=1S/C17H21FN2O/c1-2-20(12-13-5-3-6-13)17(21)16-11-15(18)9-8-14(16)7-4-10-19/h8-9,11,13H,2-3,5-6,10,12,19H2,1H3. The Balaban J connectivity index is 2.24. The van der Waals surface area contributed by atoms with E-state index in [1.807, 2.05) is 6.92 Å². The first-order valence-electron chi connectivity index (χ1n) is 7.43. The molecule has 1 aliphatic carbocycles. The van der Waals surface area contributed by atoms with Crippen molar-refractivity contribution in [1.29, 1.82) is 0 Å². The molecule has 3 nitrogen and oxygen atoms in total. The lowest BCUT2D eigenvalue weighted by atomic mass is 9.85. The van der Waals surface area contributed by atoms with Crippen LogP contribution in [0.4, 0.5) is 4.39 Å². The molecule has 0 saturated heterocycles. The summed E-state index contributed by atoms with van der Waals surface area (Å²) in [5, 5.41) is 0. The molecule has 1 aromatic rings. The number of rotatable bonds is 4. The van der Waals surface area contributed by atoms with E-state index in [0.717, 1.165) is 6.54 Å². The van der Waals surface area contributed by atoms with Crippen molar-refractivity contribution in [1.82, 2.24) is 4.90 Å². The minimum Gasteiger partial charge on any atom is -0.339 e. The third-order valence-corrected chi connectivity index (χ3v) is 3.91. The summed E-state index contributed by atoms with van der Waals surface area (Å²) >= 11 is 0. The van der Waals surface area contributed by atoms with Crippen LogP contribution in [0.5, 0.6) is 0 Å². The Morgan fingerprint density at radius 2 is 2.24 bits per heavy atom. The van der Waals surface area contributed by atoms with E-state index in [2.05, 4.69) is 11.8 Å². The van der Waals surface area contributed by atoms with Crippen LogP contribution in [0.1, 0.15) is 42.1 Å². The lowest BCUT2D eigenvalue weighted by molar-refractivity contribution is 0.0705. The van der Waals surface area contributed by atoms with Gasteiger partial charge in [-0.15, -0.1) is 0 Å². The summed E-state index contributed by atoms with van der Waals surface area (Å²) in [6.45, 7) is 3.52. The maximum atomic E-state index is 13.5. The van der Waals surface area contributed by atoms with Crippen LogP contribution in [0.2, 0.25) is 0 Å². The van der Waals surface area contributed by atoms with Crippen LogP contribution in [0.3, 0.4) is 0 Å². The molecule has 0 aliphatic heterocycles. The number of carbonyl (C=O) groups is 1. The highest BCUT2D eigenvalue weighted by atomic mass is 19.1. The number of halogens is 1. The summed E-state index contributed by atoms with van der Waals surface area (Å²) < 4.78 is 13.5. The number of amides is 1. The first kappa shape index (κ1) is 15.5. The topological polar surface area (TPSA) is 46.3 Å². The van der Waals surface area contributed by atoms with Gasteiger partial charge in [0.15, 0.2) is 0 Å². The molecule has 2 N–H and O–H groups in total. The Kier molecular flexibility index (Phi) is 5.35. The van der Waals surface area contributed by atoms with E-state index in [9.17, 15) is 9.18 Å². The lowest BCUT2D eigenvalue weighted by Gasteiger charge is -2.32. The Morgan fingerprint density at radius 3 is 2.81 bits per heavy atom. The van der Waals surface area contributed by atoms with E-state index in [-0.39, 0.29) is 12.5 Å². The third-order valence-electron chi connectivity index (χ3n) is 3.91. The fraction of sp³-hybridized carbons (Fsp3) is 0.471. The van der Waals surface area contributed by atoms with E-state index < -0.39 is 5.82 Å². The second kappa shape index (κ2) is 7.24. The molecule has 21 heavy (non-hydrogen) atoms. The number of benzene rings is 1. The molecule has 112 valence electrons. The van der Waals surface area contributed by atoms with Gasteiger partial charge in [0.05, 0.1) is 12.1 Å². The highest BCUT2D eigenvalue weighted by Crippen LogP contribution is 2.27. The summed E-state index contributed by atoms with van der Waals surface area (Å²) in [6.07, 6.45) is 3.59. The van der Waals surface area contributed by atoms with Crippen LogP contribution in [-0.4, -0.2) is 30.4 Å². The van der Waals surface area contributed by atoms with Crippen LogP contribution in [0.15, 0.2) is 18.2 Å². The molecule has 0 aromatic heterocycles. The molecule has 0 heterocycles. The van der Waals surface area contributed by atoms with E-state index in [4.69, 9.17) is 5.73 Å². The van der Waals surface area contributed by atoms with Crippen LogP contribution in [-0.2, 0) is 0 Å². The average Bonchev–Trinajstić information content (AvgIpc) is 2.44. The number of carbonyl (C=O) groups excluding carboxylic acids is 1. The zero-order valence-electron chi connectivity index (χ0n) is 12.4. The monoisotopic (exact) mass is 288 g/mol. The van der Waals surface area contributed by atoms with Gasteiger partial charge >= 0.3 is 0 Å². The van der Waals surface area contributed by atoms with Crippen molar-refractivity contribution in [3.63, 3.8) is 0 Å². The first-order valence-corrected chi connectivity index (χ1v) is 7.43. The van der Waals surface area contributed by atoms with Gasteiger partial charge in [0.1, 0.15) is 5.82 Å². The molecule has 1 aliphatic rings. The Bertz CT molecular complexity index is 570. The number of hydrogen-bond acceptors (Lipinski definition) is 2. The van der Waals surface area contributed by atoms with Crippen LogP contribution in [0.25, 0.3) is 0 Å². The van der Waals surface area contributed by atoms with Crippen LogP contribution < -0.4 is 5.73 Å². The highest BCUT2D eigenvalue weighted by molar-refractivity contribution is 5.96. The van der Waals surface area contributed by atoms with Crippen molar-refractivity contribution < 1.29 is 9.18 Å². The molecule has 2 rings (SSSR count). The van der Waals surface area contributed by atoms with Crippen LogP contribution in [0, 0.1) is 23.6 Å². The first-order chi connectivity index (χ1) is 10.2. The van der Waals surface area contributed by atoms with Crippen molar-refractivity contribution in [3.8, 4) is 11.8 Å². The normalized spacial score (nSPS) is 14.0. The molecule has 0 bridgehead atoms. The molecule has 0 atom stereocenters. The van der Waals surface area contributed by atoms with Gasteiger partial charge in [0.25, 0.3) is 5.91 Å². The van der Waals surface area contributed by atoms with Gasteiger partial charge in [-0.05, 0) is 43.9 Å². The molecule has 0 spiro atoms. The van der Waals surface area contributed by atoms with E-state index in [1.165, 1.54) is 31.4 Å². The van der Waals surface area contributed by atoms with Gasteiger partial charge in [0.2, 0.25) is 0 Å². The number of hydrogen-bond donors (Lipinski definition) is 1. The smallest absolute Gasteiger partial charge is 0.255 e. The minimum absolute atomic E-state index is 0.148. The minimum atomic E-state index is -0.420. The fourth-order valence-electron chi connectivity index (χ4n) is 2.46. The van der Waals surface area contributed by atoms with Gasteiger partial charge < -0.3 is 10.6 Å². The zero-order valence-corrected chi connectivity index (χ0v) is 12.4. The van der Waals surface area contributed by atoms with Crippen molar-refractivity contribution >= 4 is 5.91 Å². The quantitative estimate of drug-likeness (QED) is 0.865. The molecular formula is C17H21FN2O.